The van der Waals surface area contributed by atoms with Crippen molar-refractivity contribution in [3.63, 3.8) is 0 Å². The zero-order valence-corrected chi connectivity index (χ0v) is 10.2. The maximum absolute atomic E-state index is 10.1. The summed E-state index contributed by atoms with van der Waals surface area (Å²) in [4.78, 5) is 0. The summed E-state index contributed by atoms with van der Waals surface area (Å²) in [5, 5.41) is 16.8. The molecule has 0 amide bonds. The monoisotopic (exact) mass is 262 g/mol. The number of rotatable bonds is 5. The predicted molar refractivity (Wildman–Crippen MR) is 65.7 cm³/mol. The SMILES string of the molecule is OC(CNCc1ccno1)c1ccc2c(c1)OCO2. The molecule has 0 saturated carbocycles. The van der Waals surface area contributed by atoms with Gasteiger partial charge < -0.3 is 24.4 Å². The molecule has 100 valence electrons. The van der Waals surface area contributed by atoms with E-state index in [-0.39, 0.29) is 6.79 Å². The van der Waals surface area contributed by atoms with E-state index in [0.29, 0.717) is 24.6 Å². The minimum atomic E-state index is -0.613. The highest BCUT2D eigenvalue weighted by Gasteiger charge is 2.16. The summed E-state index contributed by atoms with van der Waals surface area (Å²) in [6, 6.07) is 7.20. The Morgan fingerprint density at radius 3 is 3.00 bits per heavy atom. The summed E-state index contributed by atoms with van der Waals surface area (Å²) in [6.07, 6.45) is 0.975. The third-order valence-corrected chi connectivity index (χ3v) is 2.91. The maximum atomic E-state index is 10.1. The molecule has 3 rings (SSSR count). The second kappa shape index (κ2) is 5.29. The maximum Gasteiger partial charge on any atom is 0.231 e. The van der Waals surface area contributed by atoms with Gasteiger partial charge in [0.15, 0.2) is 11.5 Å². The van der Waals surface area contributed by atoms with E-state index < -0.39 is 6.10 Å². The van der Waals surface area contributed by atoms with Crippen LogP contribution in [0.3, 0.4) is 0 Å². The van der Waals surface area contributed by atoms with Gasteiger partial charge in [-0.15, -0.1) is 0 Å². The Labute approximate surface area is 109 Å². The van der Waals surface area contributed by atoms with Crippen LogP contribution in [0.15, 0.2) is 35.0 Å². The van der Waals surface area contributed by atoms with Crippen LogP contribution in [0.25, 0.3) is 0 Å². The molecule has 1 aromatic carbocycles. The van der Waals surface area contributed by atoms with Gasteiger partial charge in [-0.25, -0.2) is 0 Å². The van der Waals surface area contributed by atoms with Gasteiger partial charge in [0.2, 0.25) is 6.79 Å². The molecule has 2 heterocycles. The topological polar surface area (TPSA) is 76.8 Å². The molecule has 2 aromatic rings. The number of fused-ring (bicyclic) bond motifs is 1. The Hall–Kier alpha value is -2.05. The molecule has 0 saturated heterocycles. The van der Waals surface area contributed by atoms with E-state index in [1.807, 2.05) is 6.07 Å². The fourth-order valence-electron chi connectivity index (χ4n) is 1.90. The van der Waals surface area contributed by atoms with E-state index in [1.54, 1.807) is 24.4 Å². The van der Waals surface area contributed by atoms with E-state index in [1.165, 1.54) is 0 Å². The van der Waals surface area contributed by atoms with E-state index in [9.17, 15) is 5.11 Å². The lowest BCUT2D eigenvalue weighted by atomic mass is 10.1. The summed E-state index contributed by atoms with van der Waals surface area (Å²) >= 11 is 0. The molecule has 6 nitrogen and oxygen atoms in total. The number of aliphatic hydroxyl groups is 1. The zero-order valence-electron chi connectivity index (χ0n) is 10.2. The van der Waals surface area contributed by atoms with Crippen molar-refractivity contribution < 1.29 is 19.1 Å². The Kier molecular flexibility index (Phi) is 3.35. The van der Waals surface area contributed by atoms with Crippen molar-refractivity contribution >= 4 is 0 Å². The molecule has 19 heavy (non-hydrogen) atoms. The molecule has 0 fully saturated rings. The quantitative estimate of drug-likeness (QED) is 0.844. The average molecular weight is 262 g/mol. The number of ether oxygens (including phenoxy) is 2. The molecule has 1 unspecified atom stereocenters. The number of nitrogens with zero attached hydrogens (tertiary/aromatic N) is 1. The molecule has 0 bridgehead atoms. The van der Waals surface area contributed by atoms with Crippen LogP contribution in [0.5, 0.6) is 11.5 Å². The Morgan fingerprint density at radius 2 is 2.16 bits per heavy atom. The van der Waals surface area contributed by atoms with Gasteiger partial charge in [-0.05, 0) is 17.7 Å². The Morgan fingerprint density at radius 1 is 1.26 bits per heavy atom. The van der Waals surface area contributed by atoms with Crippen LogP contribution in [0.4, 0.5) is 0 Å². The first-order valence-electron chi connectivity index (χ1n) is 6.01. The van der Waals surface area contributed by atoms with Crippen LogP contribution in [-0.2, 0) is 6.54 Å². The van der Waals surface area contributed by atoms with E-state index in [4.69, 9.17) is 14.0 Å². The number of aromatic nitrogens is 1. The third-order valence-electron chi connectivity index (χ3n) is 2.91. The van der Waals surface area contributed by atoms with Crippen molar-refractivity contribution in [3.05, 3.63) is 41.8 Å². The lowest BCUT2D eigenvalue weighted by Crippen LogP contribution is -2.20. The second-order valence-electron chi connectivity index (χ2n) is 4.24. The summed E-state index contributed by atoms with van der Waals surface area (Å²) in [6.45, 7) is 1.18. The van der Waals surface area contributed by atoms with E-state index >= 15 is 0 Å². The molecule has 0 radical (unpaired) electrons. The van der Waals surface area contributed by atoms with E-state index in [0.717, 1.165) is 11.3 Å². The first-order chi connectivity index (χ1) is 9.33. The van der Waals surface area contributed by atoms with Crippen LogP contribution >= 0.6 is 0 Å². The smallest absolute Gasteiger partial charge is 0.231 e. The van der Waals surface area contributed by atoms with E-state index in [2.05, 4.69) is 10.5 Å². The predicted octanol–water partition coefficient (Wildman–Crippen LogP) is 1.23. The number of aliphatic hydroxyl groups excluding tert-OH is 1. The van der Waals surface area contributed by atoms with Crippen molar-refractivity contribution in [2.75, 3.05) is 13.3 Å². The van der Waals surface area contributed by atoms with Gasteiger partial charge in [0.1, 0.15) is 5.76 Å². The normalized spacial score (nSPS) is 14.6. The standard InChI is InChI=1S/C13H14N2O4/c16-11(7-14-6-10-3-4-15-19-10)9-1-2-12-13(5-9)18-8-17-12/h1-5,11,14,16H,6-8H2. The summed E-state index contributed by atoms with van der Waals surface area (Å²) in [7, 11) is 0. The van der Waals surface area contributed by atoms with Gasteiger partial charge in [-0.1, -0.05) is 11.2 Å². The molecule has 1 aliphatic heterocycles. The highest BCUT2D eigenvalue weighted by Crippen LogP contribution is 2.34. The van der Waals surface area contributed by atoms with Crippen LogP contribution in [0.2, 0.25) is 0 Å². The highest BCUT2D eigenvalue weighted by molar-refractivity contribution is 5.45. The van der Waals surface area contributed by atoms with Crippen molar-refractivity contribution in [2.45, 2.75) is 12.6 Å². The lowest BCUT2D eigenvalue weighted by Gasteiger charge is -2.12. The Bertz CT molecular complexity index is 542. The number of benzene rings is 1. The number of nitrogens with one attached hydrogen (secondary N) is 1. The molecule has 2 N–H and O–H groups in total. The first kappa shape index (κ1) is 12.0. The fourth-order valence-corrected chi connectivity index (χ4v) is 1.90. The molecule has 1 atom stereocenters. The molecular weight excluding hydrogens is 248 g/mol. The van der Waals surface area contributed by atoms with Crippen molar-refractivity contribution in [2.24, 2.45) is 0 Å². The fraction of sp³-hybridized carbons (Fsp3) is 0.308. The van der Waals surface area contributed by atoms with Gasteiger partial charge in [0.05, 0.1) is 18.8 Å². The third kappa shape index (κ3) is 2.69. The largest absolute Gasteiger partial charge is 0.454 e. The first-order valence-corrected chi connectivity index (χ1v) is 6.01. The average Bonchev–Trinajstić information content (AvgIpc) is 3.08. The minimum Gasteiger partial charge on any atom is -0.454 e. The van der Waals surface area contributed by atoms with Gasteiger partial charge in [0, 0.05) is 12.6 Å². The van der Waals surface area contributed by atoms with Crippen molar-refractivity contribution in [3.8, 4) is 11.5 Å². The van der Waals surface area contributed by atoms with Crippen molar-refractivity contribution in [1.29, 1.82) is 0 Å². The van der Waals surface area contributed by atoms with Gasteiger partial charge >= 0.3 is 0 Å². The van der Waals surface area contributed by atoms with Crippen LogP contribution in [0.1, 0.15) is 17.4 Å². The number of hydrogen-bond donors (Lipinski definition) is 2. The molecule has 6 heteroatoms. The Balaban J connectivity index is 1.56. The van der Waals surface area contributed by atoms with Crippen LogP contribution in [-0.4, -0.2) is 23.6 Å². The van der Waals surface area contributed by atoms with Crippen molar-refractivity contribution in [1.82, 2.24) is 10.5 Å². The summed E-state index contributed by atoms with van der Waals surface area (Å²) < 4.78 is 15.5. The molecule has 1 aromatic heterocycles. The lowest BCUT2D eigenvalue weighted by molar-refractivity contribution is 0.169. The zero-order chi connectivity index (χ0) is 13.1. The van der Waals surface area contributed by atoms with Crippen LogP contribution in [0, 0.1) is 0 Å². The summed E-state index contributed by atoms with van der Waals surface area (Å²) in [5.74, 6) is 2.12. The van der Waals surface area contributed by atoms with Gasteiger partial charge in [-0.3, -0.25) is 0 Å². The summed E-state index contributed by atoms with van der Waals surface area (Å²) in [5.41, 5.74) is 0.786. The van der Waals surface area contributed by atoms with Gasteiger partial charge in [-0.2, -0.15) is 0 Å². The molecule has 0 aliphatic carbocycles. The number of hydrogen-bond acceptors (Lipinski definition) is 6. The van der Waals surface area contributed by atoms with Crippen LogP contribution < -0.4 is 14.8 Å². The molecule has 1 aliphatic rings. The molecular formula is C13H14N2O4. The molecule has 0 spiro atoms. The van der Waals surface area contributed by atoms with Gasteiger partial charge in [0.25, 0.3) is 0 Å². The minimum absolute atomic E-state index is 0.235. The second-order valence-corrected chi connectivity index (χ2v) is 4.24. The highest BCUT2D eigenvalue weighted by atomic mass is 16.7.